The van der Waals surface area contributed by atoms with Gasteiger partial charge in [-0.25, -0.2) is 0 Å². The number of nitrogens with zero attached hydrogens (tertiary/aromatic N) is 3. The Labute approximate surface area is 124 Å². The third kappa shape index (κ3) is 3.78. The van der Waals surface area contributed by atoms with Gasteiger partial charge in [0.05, 0.1) is 5.92 Å². The zero-order valence-corrected chi connectivity index (χ0v) is 12.7. The molecule has 0 aliphatic carbocycles. The summed E-state index contributed by atoms with van der Waals surface area (Å²) < 4.78 is 27.5. The lowest BCUT2D eigenvalue weighted by Crippen LogP contribution is -2.46. The molecule has 21 heavy (non-hydrogen) atoms. The summed E-state index contributed by atoms with van der Waals surface area (Å²) in [6.45, 7) is 0.738. The Balaban J connectivity index is 2.00. The van der Waals surface area contributed by atoms with E-state index in [9.17, 15) is 13.2 Å². The quantitative estimate of drug-likeness (QED) is 0.857. The number of piperidine rings is 1. The minimum atomic E-state index is -3.56. The van der Waals surface area contributed by atoms with Crippen LogP contribution in [0.4, 0.5) is 0 Å². The van der Waals surface area contributed by atoms with Gasteiger partial charge < -0.3 is 5.11 Å². The molecular formula is C13H19N3O4S. The highest BCUT2D eigenvalue weighted by atomic mass is 32.2. The van der Waals surface area contributed by atoms with E-state index in [0.29, 0.717) is 12.8 Å². The molecule has 0 amide bonds. The van der Waals surface area contributed by atoms with E-state index in [-0.39, 0.29) is 19.6 Å². The Morgan fingerprint density at radius 1 is 1.48 bits per heavy atom. The van der Waals surface area contributed by atoms with E-state index in [4.69, 9.17) is 5.11 Å². The molecule has 2 rings (SSSR count). The fourth-order valence-electron chi connectivity index (χ4n) is 2.36. The summed E-state index contributed by atoms with van der Waals surface area (Å²) in [6, 6.07) is 3.57. The van der Waals surface area contributed by atoms with Crippen LogP contribution in [0.2, 0.25) is 0 Å². The van der Waals surface area contributed by atoms with Crippen molar-refractivity contribution in [2.75, 3.05) is 20.1 Å². The maximum Gasteiger partial charge on any atom is 0.306 e. The van der Waals surface area contributed by atoms with Gasteiger partial charge in [0.15, 0.2) is 0 Å². The van der Waals surface area contributed by atoms with Crippen LogP contribution < -0.4 is 0 Å². The monoisotopic (exact) mass is 313 g/mol. The lowest BCUT2D eigenvalue weighted by atomic mass is 9.99. The van der Waals surface area contributed by atoms with Crippen molar-refractivity contribution in [3.05, 3.63) is 30.1 Å². The minimum absolute atomic E-state index is 0.245. The van der Waals surface area contributed by atoms with Crippen molar-refractivity contribution in [3.63, 3.8) is 0 Å². The number of aliphatic carboxylic acids is 1. The number of hydrogen-bond acceptors (Lipinski definition) is 4. The molecule has 0 saturated carbocycles. The molecule has 1 fully saturated rings. The SMILES string of the molecule is CN(Cc1cccnc1)S(=O)(=O)N1CCC(C(=O)O)CC1. The number of carboxylic acid groups (broad SMARTS) is 1. The Morgan fingerprint density at radius 2 is 2.14 bits per heavy atom. The van der Waals surface area contributed by atoms with Crippen LogP contribution in [0.3, 0.4) is 0 Å². The van der Waals surface area contributed by atoms with E-state index in [2.05, 4.69) is 4.98 Å². The van der Waals surface area contributed by atoms with Gasteiger partial charge in [0.2, 0.25) is 0 Å². The third-order valence-corrected chi connectivity index (χ3v) is 5.59. The van der Waals surface area contributed by atoms with E-state index in [1.54, 1.807) is 18.5 Å². The average molecular weight is 313 g/mol. The summed E-state index contributed by atoms with van der Waals surface area (Å²) in [7, 11) is -2.04. The highest BCUT2D eigenvalue weighted by molar-refractivity contribution is 7.86. The zero-order valence-electron chi connectivity index (χ0n) is 11.8. The molecule has 0 aromatic carbocycles. The van der Waals surface area contributed by atoms with Crippen LogP contribution in [0.1, 0.15) is 18.4 Å². The van der Waals surface area contributed by atoms with Crippen LogP contribution in [0.15, 0.2) is 24.5 Å². The molecule has 0 unspecified atom stereocenters. The number of carboxylic acids is 1. The smallest absolute Gasteiger partial charge is 0.306 e. The molecule has 1 aliphatic rings. The van der Waals surface area contributed by atoms with Gasteiger partial charge >= 0.3 is 5.97 Å². The number of carbonyl (C=O) groups is 1. The summed E-state index contributed by atoms with van der Waals surface area (Å²) in [5.74, 6) is -1.30. The van der Waals surface area contributed by atoms with E-state index in [0.717, 1.165) is 5.56 Å². The molecule has 116 valence electrons. The topological polar surface area (TPSA) is 90.8 Å². The molecule has 1 aliphatic heterocycles. The average Bonchev–Trinajstić information content (AvgIpc) is 2.48. The van der Waals surface area contributed by atoms with Crippen LogP contribution >= 0.6 is 0 Å². The van der Waals surface area contributed by atoms with E-state index in [1.165, 1.54) is 15.7 Å². The zero-order chi connectivity index (χ0) is 15.5. The summed E-state index contributed by atoms with van der Waals surface area (Å²) in [6.07, 6.45) is 3.97. The highest BCUT2D eigenvalue weighted by Gasteiger charge is 2.33. The van der Waals surface area contributed by atoms with Crippen molar-refractivity contribution < 1.29 is 18.3 Å². The predicted octanol–water partition coefficient (Wildman–Crippen LogP) is 0.555. The van der Waals surface area contributed by atoms with E-state index >= 15 is 0 Å². The molecular weight excluding hydrogens is 294 g/mol. The van der Waals surface area contributed by atoms with Gasteiger partial charge in [0.25, 0.3) is 10.2 Å². The summed E-state index contributed by atoms with van der Waals surface area (Å²) >= 11 is 0. The Morgan fingerprint density at radius 3 is 2.67 bits per heavy atom. The molecule has 0 atom stereocenters. The molecule has 8 heteroatoms. The first-order valence-electron chi connectivity index (χ1n) is 6.74. The summed E-state index contributed by atoms with van der Waals surface area (Å²) in [5, 5.41) is 8.95. The first kappa shape index (κ1) is 15.9. The largest absolute Gasteiger partial charge is 0.481 e. The summed E-state index contributed by atoms with van der Waals surface area (Å²) in [5.41, 5.74) is 0.809. The fraction of sp³-hybridized carbons (Fsp3) is 0.538. The van der Waals surface area contributed by atoms with Crippen molar-refractivity contribution in [3.8, 4) is 0 Å². The van der Waals surface area contributed by atoms with Gasteiger partial charge in [-0.2, -0.15) is 17.0 Å². The lowest BCUT2D eigenvalue weighted by Gasteiger charge is -2.32. The molecule has 1 N–H and O–H groups in total. The number of hydrogen-bond donors (Lipinski definition) is 1. The van der Waals surface area contributed by atoms with Crippen LogP contribution in [-0.4, -0.2) is 53.2 Å². The van der Waals surface area contributed by atoms with Gasteiger partial charge in [0.1, 0.15) is 0 Å². The molecule has 0 radical (unpaired) electrons. The third-order valence-electron chi connectivity index (χ3n) is 3.65. The second-order valence-corrected chi connectivity index (χ2v) is 7.17. The highest BCUT2D eigenvalue weighted by Crippen LogP contribution is 2.21. The van der Waals surface area contributed by atoms with E-state index in [1.807, 2.05) is 6.07 Å². The predicted molar refractivity (Wildman–Crippen MR) is 76.6 cm³/mol. The molecule has 2 heterocycles. The summed E-state index contributed by atoms with van der Waals surface area (Å²) in [4.78, 5) is 14.9. The van der Waals surface area contributed by atoms with Crippen LogP contribution in [-0.2, 0) is 21.5 Å². The number of rotatable bonds is 5. The Kier molecular flexibility index (Phi) is 4.92. The van der Waals surface area contributed by atoms with Crippen molar-refractivity contribution in [2.45, 2.75) is 19.4 Å². The maximum atomic E-state index is 12.5. The van der Waals surface area contributed by atoms with Gasteiger partial charge in [-0.3, -0.25) is 9.78 Å². The standard InChI is InChI=1S/C13H19N3O4S/c1-15(10-11-3-2-6-14-9-11)21(19,20)16-7-4-12(5-8-16)13(17)18/h2-3,6,9,12H,4-5,7-8,10H2,1H3,(H,17,18). The second kappa shape index (κ2) is 6.50. The fourth-order valence-corrected chi connectivity index (χ4v) is 3.74. The van der Waals surface area contributed by atoms with Gasteiger partial charge in [0, 0.05) is 39.1 Å². The molecule has 0 bridgehead atoms. The normalized spacial score (nSPS) is 18.0. The van der Waals surface area contributed by atoms with Crippen molar-refractivity contribution >= 4 is 16.2 Å². The molecule has 7 nitrogen and oxygen atoms in total. The van der Waals surface area contributed by atoms with Crippen molar-refractivity contribution in [1.29, 1.82) is 0 Å². The van der Waals surface area contributed by atoms with Crippen LogP contribution in [0.5, 0.6) is 0 Å². The Bertz CT molecular complexity index is 583. The van der Waals surface area contributed by atoms with Gasteiger partial charge in [-0.1, -0.05) is 6.07 Å². The van der Waals surface area contributed by atoms with E-state index < -0.39 is 22.1 Å². The maximum absolute atomic E-state index is 12.5. The van der Waals surface area contributed by atoms with Crippen molar-refractivity contribution in [1.82, 2.24) is 13.6 Å². The molecule has 1 aromatic rings. The lowest BCUT2D eigenvalue weighted by molar-refractivity contribution is -0.142. The van der Waals surface area contributed by atoms with Gasteiger partial charge in [-0.05, 0) is 24.5 Å². The first-order valence-corrected chi connectivity index (χ1v) is 8.14. The van der Waals surface area contributed by atoms with Crippen LogP contribution in [0.25, 0.3) is 0 Å². The Hall–Kier alpha value is -1.51. The molecule has 1 aromatic heterocycles. The minimum Gasteiger partial charge on any atom is -0.481 e. The second-order valence-electron chi connectivity index (χ2n) is 5.14. The number of pyridine rings is 1. The first-order chi connectivity index (χ1) is 9.91. The van der Waals surface area contributed by atoms with Crippen LogP contribution in [0, 0.1) is 5.92 Å². The molecule has 1 saturated heterocycles. The van der Waals surface area contributed by atoms with Gasteiger partial charge in [-0.15, -0.1) is 0 Å². The number of aromatic nitrogens is 1. The molecule has 0 spiro atoms. The van der Waals surface area contributed by atoms with Crippen molar-refractivity contribution in [2.24, 2.45) is 5.92 Å².